The van der Waals surface area contributed by atoms with Crippen molar-refractivity contribution < 1.29 is 33.9 Å². The molecule has 0 atom stereocenters. The van der Waals surface area contributed by atoms with E-state index in [1.807, 2.05) is 61.5 Å². The zero-order valence-electron chi connectivity index (χ0n) is 36.3. The molecule has 12 nitrogen and oxygen atoms in total. The van der Waals surface area contributed by atoms with Crippen LogP contribution in [0.2, 0.25) is 0 Å². The van der Waals surface area contributed by atoms with Gasteiger partial charge in [-0.05, 0) is 76.6 Å². The highest BCUT2D eigenvalue weighted by Gasteiger charge is 2.22. The number of allylic oxidation sites excluding steroid dienone is 1. The van der Waals surface area contributed by atoms with Gasteiger partial charge in [-0.15, -0.1) is 0 Å². The van der Waals surface area contributed by atoms with E-state index in [0.29, 0.717) is 11.4 Å². The van der Waals surface area contributed by atoms with Gasteiger partial charge in [-0.25, -0.2) is 19.6 Å². The van der Waals surface area contributed by atoms with Crippen molar-refractivity contribution in [2.75, 3.05) is 20.8 Å². The molecule has 3 heterocycles. The second kappa shape index (κ2) is 24.2. The molecule has 6 rings (SSSR count). The van der Waals surface area contributed by atoms with Crippen molar-refractivity contribution in [3.63, 3.8) is 0 Å². The number of aliphatic hydroxyl groups is 1. The fourth-order valence-corrected chi connectivity index (χ4v) is 5.97. The Morgan fingerprint density at radius 1 is 0.613 bits per heavy atom. The smallest absolute Gasteiger partial charge is 0.356 e. The third-order valence-corrected chi connectivity index (χ3v) is 9.50. The molecule has 0 bridgehead atoms. The molecule has 0 aliphatic heterocycles. The number of esters is 2. The van der Waals surface area contributed by atoms with Gasteiger partial charge in [0.1, 0.15) is 29.9 Å². The van der Waals surface area contributed by atoms with Crippen molar-refractivity contribution >= 4 is 29.0 Å². The Hall–Kier alpha value is -7.18. The molecule has 0 saturated heterocycles. The third-order valence-electron chi connectivity index (χ3n) is 9.50. The quantitative estimate of drug-likeness (QED) is 0.0538. The highest BCUT2D eigenvalue weighted by Crippen LogP contribution is 2.28. The van der Waals surface area contributed by atoms with Gasteiger partial charge in [-0.3, -0.25) is 19.9 Å². The molecule has 0 unspecified atom stereocenters. The van der Waals surface area contributed by atoms with Crippen molar-refractivity contribution in [3.05, 3.63) is 208 Å². The summed E-state index contributed by atoms with van der Waals surface area (Å²) in [6.45, 7) is 14.1. The predicted molar refractivity (Wildman–Crippen MR) is 241 cm³/mol. The summed E-state index contributed by atoms with van der Waals surface area (Å²) in [4.78, 5) is 54.9. The number of methoxy groups -OCH3 is 2. The van der Waals surface area contributed by atoms with Gasteiger partial charge < -0.3 is 14.6 Å². The summed E-state index contributed by atoms with van der Waals surface area (Å²) in [5.74, 6) is -1.37. The van der Waals surface area contributed by atoms with Crippen LogP contribution < -0.4 is 0 Å². The first-order valence-corrected chi connectivity index (χ1v) is 19.6. The second-order valence-corrected chi connectivity index (χ2v) is 15.3. The van der Waals surface area contributed by atoms with Crippen LogP contribution in [0.3, 0.4) is 0 Å². The van der Waals surface area contributed by atoms with Gasteiger partial charge in [0.15, 0.2) is 0 Å². The lowest BCUT2D eigenvalue weighted by Crippen LogP contribution is -2.20. The Bertz CT molecular complexity index is 2220. The number of aromatic nitrogens is 3. The first-order chi connectivity index (χ1) is 29.5. The van der Waals surface area contributed by atoms with Gasteiger partial charge in [0, 0.05) is 18.5 Å². The SMILES string of the molecule is C=C(C)c1ccccc1.CC(C)(Cc1ccc(C(=O)CO)nc1)c1ccccc1.COC(=O)c1ccc(CC(C)(C)c2ccccc2)cn1.COC(=O)c1ccc([N+](=O)[O-])cn1. The lowest BCUT2D eigenvalue weighted by molar-refractivity contribution is -0.385. The second-order valence-electron chi connectivity index (χ2n) is 15.3. The molecule has 0 aliphatic carbocycles. The lowest BCUT2D eigenvalue weighted by atomic mass is 9.79. The highest BCUT2D eigenvalue weighted by molar-refractivity contribution is 5.95. The standard InChI is InChI=1S/2C17H19NO2.C9H10.C7H6N2O4/c1-17(2,14-7-5-4-6-8-14)11-13-9-10-15(18-12-13)16(19)20-3;1-17(2,14-6-4-3-5-7-14)10-13-8-9-15(18-11-13)16(20)12-19;1-8(2)9-6-4-3-5-7-9;1-13-7(10)6-3-2-5(4-8-6)9(11)12/h4-10,12H,11H2,1-3H3;3-9,11,19H,10,12H2,1-2H3;3-7H,1H2,2H3;2-4H,1H3. The minimum Gasteiger partial charge on any atom is -0.464 e. The summed E-state index contributed by atoms with van der Waals surface area (Å²) in [5.41, 5.74) is 7.66. The highest BCUT2D eigenvalue weighted by atomic mass is 16.6. The number of hydrogen-bond acceptors (Lipinski definition) is 11. The molecule has 0 radical (unpaired) electrons. The summed E-state index contributed by atoms with van der Waals surface area (Å²) >= 11 is 0. The van der Waals surface area contributed by atoms with Gasteiger partial charge in [0.2, 0.25) is 5.78 Å². The fourth-order valence-electron chi connectivity index (χ4n) is 5.97. The first kappa shape index (κ1) is 49.2. The molecule has 0 fully saturated rings. The Balaban J connectivity index is 0.000000230. The first-order valence-electron chi connectivity index (χ1n) is 19.6. The number of nitro groups is 1. The van der Waals surface area contributed by atoms with E-state index in [4.69, 9.17) is 5.11 Å². The molecule has 0 saturated carbocycles. The Morgan fingerprint density at radius 3 is 1.31 bits per heavy atom. The van der Waals surface area contributed by atoms with Gasteiger partial charge in [0.25, 0.3) is 5.69 Å². The minimum absolute atomic E-state index is 0.00540. The van der Waals surface area contributed by atoms with Gasteiger partial charge in [-0.1, -0.05) is 143 Å². The zero-order valence-corrected chi connectivity index (χ0v) is 36.3. The summed E-state index contributed by atoms with van der Waals surface area (Å²) in [7, 11) is 2.57. The van der Waals surface area contributed by atoms with Crippen LogP contribution in [0.4, 0.5) is 5.69 Å². The fraction of sp³-hybridized carbons (Fsp3) is 0.240. The van der Waals surface area contributed by atoms with Crippen molar-refractivity contribution in [3.8, 4) is 0 Å². The number of aliphatic hydroxyl groups excluding tert-OH is 1. The van der Waals surface area contributed by atoms with E-state index in [2.05, 4.69) is 107 Å². The Kier molecular flexibility index (Phi) is 19.2. The van der Waals surface area contributed by atoms with E-state index in [0.717, 1.165) is 35.7 Å². The summed E-state index contributed by atoms with van der Waals surface area (Å²) in [6.07, 6.45) is 6.18. The van der Waals surface area contributed by atoms with E-state index in [1.165, 1.54) is 43.0 Å². The molecule has 322 valence electrons. The topological polar surface area (TPSA) is 172 Å². The van der Waals surface area contributed by atoms with E-state index in [9.17, 15) is 24.5 Å². The largest absolute Gasteiger partial charge is 0.464 e. The lowest BCUT2D eigenvalue weighted by Gasteiger charge is -2.25. The van der Waals surface area contributed by atoms with Gasteiger partial charge in [-0.2, -0.15) is 0 Å². The summed E-state index contributed by atoms with van der Waals surface area (Å²) < 4.78 is 9.01. The predicted octanol–water partition coefficient (Wildman–Crippen LogP) is 9.66. The van der Waals surface area contributed by atoms with E-state index in [1.54, 1.807) is 24.5 Å². The van der Waals surface area contributed by atoms with Crippen molar-refractivity contribution in [2.45, 2.75) is 58.3 Å². The molecule has 0 amide bonds. The van der Waals surface area contributed by atoms with Crippen LogP contribution in [-0.4, -0.2) is 63.5 Å². The molecule has 0 spiro atoms. The molecule has 3 aromatic heterocycles. The summed E-state index contributed by atoms with van der Waals surface area (Å²) in [5, 5.41) is 19.0. The average Bonchev–Trinajstić information content (AvgIpc) is 3.30. The minimum atomic E-state index is -0.616. The number of hydrogen-bond donors (Lipinski definition) is 1. The van der Waals surface area contributed by atoms with Crippen LogP contribution in [0.15, 0.2) is 153 Å². The molecular formula is C50H54N4O8. The van der Waals surface area contributed by atoms with E-state index < -0.39 is 23.5 Å². The van der Waals surface area contributed by atoms with Crippen molar-refractivity contribution in [2.24, 2.45) is 0 Å². The average molecular weight is 839 g/mol. The number of ketones is 1. The maximum atomic E-state index is 11.3. The zero-order chi connectivity index (χ0) is 45.7. The number of carbonyl (C=O) groups is 3. The monoisotopic (exact) mass is 838 g/mol. The van der Waals surface area contributed by atoms with E-state index in [-0.39, 0.29) is 28.0 Å². The van der Waals surface area contributed by atoms with Crippen LogP contribution >= 0.6 is 0 Å². The van der Waals surface area contributed by atoms with Crippen molar-refractivity contribution in [1.29, 1.82) is 0 Å². The van der Waals surface area contributed by atoms with Crippen molar-refractivity contribution in [1.82, 2.24) is 15.0 Å². The number of pyridine rings is 3. The van der Waals surface area contributed by atoms with Gasteiger partial charge in [0.05, 0.1) is 19.1 Å². The number of ether oxygens (including phenoxy) is 2. The van der Waals surface area contributed by atoms with Crippen LogP contribution in [0.1, 0.15) is 93.9 Å². The van der Waals surface area contributed by atoms with Crippen LogP contribution in [0.25, 0.3) is 5.57 Å². The van der Waals surface area contributed by atoms with Gasteiger partial charge >= 0.3 is 11.9 Å². The van der Waals surface area contributed by atoms with Crippen LogP contribution in [-0.2, 0) is 33.1 Å². The van der Waals surface area contributed by atoms with E-state index >= 15 is 0 Å². The molecule has 12 heteroatoms. The number of Topliss-reactive ketones (excluding diaryl/α,β-unsaturated/α-hetero) is 1. The molecule has 1 N–H and O–H groups in total. The third kappa shape index (κ3) is 15.8. The maximum absolute atomic E-state index is 11.3. The maximum Gasteiger partial charge on any atom is 0.356 e. The summed E-state index contributed by atoms with van der Waals surface area (Å²) in [6, 6.07) is 40.5. The Morgan fingerprint density at radius 2 is 1.00 bits per heavy atom. The van der Waals surface area contributed by atoms with Crippen LogP contribution in [0.5, 0.6) is 0 Å². The number of rotatable bonds is 12. The normalized spacial score (nSPS) is 10.5. The molecule has 62 heavy (non-hydrogen) atoms. The van der Waals surface area contributed by atoms with Crippen LogP contribution in [0, 0.1) is 10.1 Å². The molecule has 3 aromatic carbocycles. The molecule has 6 aromatic rings. The molecule has 0 aliphatic rings. The number of carbonyl (C=O) groups excluding carboxylic acids is 3. The molecular weight excluding hydrogens is 785 g/mol. The number of benzene rings is 3. The Labute approximate surface area is 363 Å². The number of nitrogens with zero attached hydrogens (tertiary/aromatic N) is 4.